The summed E-state index contributed by atoms with van der Waals surface area (Å²) < 4.78 is 0. The monoisotopic (exact) mass is 264 g/mol. The first-order valence-electron chi connectivity index (χ1n) is 6.50. The Morgan fingerprint density at radius 3 is 2.80 bits per heavy atom. The van der Waals surface area contributed by atoms with Gasteiger partial charge in [-0.05, 0) is 18.2 Å². The number of pyridine rings is 1. The van der Waals surface area contributed by atoms with Gasteiger partial charge >= 0.3 is 0 Å². The number of hydrogen-bond acceptors (Lipinski definition) is 6. The van der Waals surface area contributed by atoms with E-state index >= 15 is 0 Å². The van der Waals surface area contributed by atoms with Gasteiger partial charge in [0.05, 0.1) is 35.5 Å². The fraction of sp³-hybridized carbons (Fsp3) is 0.214. The lowest BCUT2D eigenvalue weighted by Gasteiger charge is -2.40. The van der Waals surface area contributed by atoms with Crippen LogP contribution in [0.1, 0.15) is 11.6 Å². The van der Waals surface area contributed by atoms with Gasteiger partial charge in [-0.1, -0.05) is 0 Å². The minimum absolute atomic E-state index is 0.370. The zero-order valence-electron chi connectivity index (χ0n) is 10.7. The molecule has 4 heterocycles. The Morgan fingerprint density at radius 2 is 1.95 bits per heavy atom. The molecule has 3 aromatic rings. The highest BCUT2D eigenvalue weighted by molar-refractivity contribution is 5.80. The standard InChI is InChI=1S/C14H12N6/c1-2-10-6-18-19-14(13(10)15-4-1)11-8-20(9-11)12-3-5-16-17-7-12/h1-7,11H,8-9H2. The molecule has 0 bridgehead atoms. The second kappa shape index (κ2) is 4.48. The number of rotatable bonds is 2. The average Bonchev–Trinajstić information content (AvgIpc) is 2.47. The summed E-state index contributed by atoms with van der Waals surface area (Å²) in [5.74, 6) is 0.370. The Balaban J connectivity index is 1.61. The van der Waals surface area contributed by atoms with Crippen LogP contribution in [-0.4, -0.2) is 38.5 Å². The highest BCUT2D eigenvalue weighted by Gasteiger charge is 2.31. The number of nitrogens with zero attached hydrogens (tertiary/aromatic N) is 6. The van der Waals surface area contributed by atoms with Crippen LogP contribution in [0.4, 0.5) is 5.69 Å². The summed E-state index contributed by atoms with van der Waals surface area (Å²) in [6.07, 6.45) is 7.05. The summed E-state index contributed by atoms with van der Waals surface area (Å²) >= 11 is 0. The molecule has 20 heavy (non-hydrogen) atoms. The summed E-state index contributed by atoms with van der Waals surface area (Å²) in [5.41, 5.74) is 3.04. The highest BCUT2D eigenvalue weighted by Crippen LogP contribution is 2.32. The second-order valence-corrected chi connectivity index (χ2v) is 4.87. The third kappa shape index (κ3) is 1.77. The van der Waals surface area contributed by atoms with Crippen LogP contribution in [-0.2, 0) is 0 Å². The van der Waals surface area contributed by atoms with Crippen LogP contribution < -0.4 is 4.90 Å². The Morgan fingerprint density at radius 1 is 1.00 bits per heavy atom. The predicted molar refractivity (Wildman–Crippen MR) is 74.3 cm³/mol. The molecule has 0 aliphatic carbocycles. The van der Waals surface area contributed by atoms with Crippen LogP contribution in [0.15, 0.2) is 43.0 Å². The Bertz CT molecular complexity index is 734. The fourth-order valence-corrected chi connectivity index (χ4v) is 2.54. The van der Waals surface area contributed by atoms with E-state index in [1.165, 1.54) is 0 Å². The minimum Gasteiger partial charge on any atom is -0.369 e. The summed E-state index contributed by atoms with van der Waals surface area (Å²) in [7, 11) is 0. The molecular formula is C14H12N6. The molecule has 0 spiro atoms. The molecule has 98 valence electrons. The highest BCUT2D eigenvalue weighted by atomic mass is 15.2. The van der Waals surface area contributed by atoms with Gasteiger partial charge in [0.25, 0.3) is 0 Å². The maximum absolute atomic E-state index is 4.44. The van der Waals surface area contributed by atoms with Gasteiger partial charge in [0.2, 0.25) is 0 Å². The molecule has 6 nitrogen and oxygen atoms in total. The van der Waals surface area contributed by atoms with Crippen molar-refractivity contribution in [3.63, 3.8) is 0 Å². The third-order valence-electron chi connectivity index (χ3n) is 3.65. The van der Waals surface area contributed by atoms with E-state index in [9.17, 15) is 0 Å². The van der Waals surface area contributed by atoms with Crippen molar-refractivity contribution in [2.75, 3.05) is 18.0 Å². The van der Waals surface area contributed by atoms with Crippen molar-refractivity contribution < 1.29 is 0 Å². The maximum Gasteiger partial charge on any atom is 0.0959 e. The summed E-state index contributed by atoms with van der Waals surface area (Å²) in [6.45, 7) is 1.83. The molecule has 1 aliphatic heterocycles. The molecule has 0 amide bonds. The SMILES string of the molecule is c1cnc2c(C3CN(c4ccnnc4)C3)nncc2c1. The van der Waals surface area contributed by atoms with E-state index in [-0.39, 0.29) is 0 Å². The number of anilines is 1. The summed E-state index contributed by atoms with van der Waals surface area (Å²) in [5, 5.41) is 17.1. The second-order valence-electron chi connectivity index (χ2n) is 4.87. The maximum atomic E-state index is 4.44. The fourth-order valence-electron chi connectivity index (χ4n) is 2.54. The third-order valence-corrected chi connectivity index (χ3v) is 3.65. The normalized spacial score (nSPS) is 15.3. The van der Waals surface area contributed by atoms with Gasteiger partial charge in [0.15, 0.2) is 0 Å². The van der Waals surface area contributed by atoms with Crippen molar-refractivity contribution in [2.24, 2.45) is 0 Å². The van der Waals surface area contributed by atoms with E-state index in [4.69, 9.17) is 0 Å². The number of aromatic nitrogens is 5. The molecule has 1 fully saturated rings. The first-order valence-corrected chi connectivity index (χ1v) is 6.50. The van der Waals surface area contributed by atoms with Crippen molar-refractivity contribution in [1.82, 2.24) is 25.4 Å². The lowest BCUT2D eigenvalue weighted by Crippen LogP contribution is -2.45. The molecule has 0 atom stereocenters. The van der Waals surface area contributed by atoms with E-state index in [1.54, 1.807) is 24.8 Å². The zero-order valence-corrected chi connectivity index (χ0v) is 10.7. The van der Waals surface area contributed by atoms with Crippen LogP contribution in [0.2, 0.25) is 0 Å². The van der Waals surface area contributed by atoms with E-state index in [1.807, 2.05) is 18.2 Å². The van der Waals surface area contributed by atoms with Gasteiger partial charge in [-0.2, -0.15) is 20.4 Å². The minimum atomic E-state index is 0.370. The van der Waals surface area contributed by atoms with Crippen molar-refractivity contribution in [1.29, 1.82) is 0 Å². The first kappa shape index (κ1) is 11.2. The Labute approximate surface area is 115 Å². The summed E-state index contributed by atoms with van der Waals surface area (Å²) in [4.78, 5) is 6.69. The van der Waals surface area contributed by atoms with Crippen LogP contribution in [0.5, 0.6) is 0 Å². The molecule has 4 rings (SSSR count). The van der Waals surface area contributed by atoms with Crippen LogP contribution in [0, 0.1) is 0 Å². The van der Waals surface area contributed by atoms with Gasteiger partial charge < -0.3 is 4.90 Å². The number of fused-ring (bicyclic) bond motifs is 1. The molecule has 0 aromatic carbocycles. The number of hydrogen-bond donors (Lipinski definition) is 0. The van der Waals surface area contributed by atoms with Crippen molar-refractivity contribution in [3.05, 3.63) is 48.7 Å². The van der Waals surface area contributed by atoms with Crippen LogP contribution in [0.3, 0.4) is 0 Å². The molecule has 6 heteroatoms. The van der Waals surface area contributed by atoms with E-state index in [2.05, 4.69) is 30.3 Å². The largest absolute Gasteiger partial charge is 0.369 e. The predicted octanol–water partition coefficient (Wildman–Crippen LogP) is 1.42. The van der Waals surface area contributed by atoms with Gasteiger partial charge in [-0.3, -0.25) is 4.98 Å². The van der Waals surface area contributed by atoms with Gasteiger partial charge in [0, 0.05) is 30.6 Å². The molecule has 0 radical (unpaired) electrons. The molecule has 1 aliphatic rings. The zero-order chi connectivity index (χ0) is 13.4. The molecule has 3 aromatic heterocycles. The molecule has 0 saturated carbocycles. The van der Waals surface area contributed by atoms with Gasteiger partial charge in [-0.25, -0.2) is 0 Å². The Kier molecular flexibility index (Phi) is 2.51. The Hall–Kier alpha value is -2.63. The van der Waals surface area contributed by atoms with Crippen molar-refractivity contribution >= 4 is 16.6 Å². The van der Waals surface area contributed by atoms with Crippen molar-refractivity contribution in [3.8, 4) is 0 Å². The smallest absolute Gasteiger partial charge is 0.0959 e. The molecule has 1 saturated heterocycles. The van der Waals surface area contributed by atoms with Crippen LogP contribution in [0.25, 0.3) is 10.9 Å². The van der Waals surface area contributed by atoms with E-state index < -0.39 is 0 Å². The van der Waals surface area contributed by atoms with Crippen LogP contribution >= 0.6 is 0 Å². The molecule has 0 unspecified atom stereocenters. The molecular weight excluding hydrogens is 252 g/mol. The van der Waals surface area contributed by atoms with Crippen molar-refractivity contribution in [2.45, 2.75) is 5.92 Å². The quantitative estimate of drug-likeness (QED) is 0.697. The van der Waals surface area contributed by atoms with E-state index in [0.717, 1.165) is 35.4 Å². The topological polar surface area (TPSA) is 67.7 Å². The van der Waals surface area contributed by atoms with Gasteiger partial charge in [0.1, 0.15) is 0 Å². The lowest BCUT2D eigenvalue weighted by molar-refractivity contribution is 0.511. The van der Waals surface area contributed by atoms with E-state index in [0.29, 0.717) is 5.92 Å². The molecule has 0 N–H and O–H groups in total. The van der Waals surface area contributed by atoms with Gasteiger partial charge in [-0.15, -0.1) is 0 Å². The average molecular weight is 264 g/mol. The lowest BCUT2D eigenvalue weighted by atomic mass is 9.94. The first-order chi connectivity index (χ1) is 9.92. The summed E-state index contributed by atoms with van der Waals surface area (Å²) in [6, 6.07) is 5.91.